The van der Waals surface area contributed by atoms with Crippen LogP contribution in [-0.2, 0) is 11.3 Å². The Labute approximate surface area is 167 Å². The molecule has 3 N–H and O–H groups in total. The van der Waals surface area contributed by atoms with Crippen molar-refractivity contribution < 1.29 is 9.59 Å². The quantitative estimate of drug-likeness (QED) is 0.599. The minimum atomic E-state index is -0.505. The second-order valence-electron chi connectivity index (χ2n) is 6.29. The highest BCUT2D eigenvalue weighted by Gasteiger charge is 2.19. The normalized spacial score (nSPS) is 11.8. The number of nitrogens with one attached hydrogen (secondary N) is 1. The Kier molecular flexibility index (Phi) is 6.10. The average Bonchev–Trinajstić information content (AvgIpc) is 3.02. The van der Waals surface area contributed by atoms with E-state index in [0.717, 1.165) is 11.4 Å². The van der Waals surface area contributed by atoms with Crippen LogP contribution in [0.25, 0.3) is 0 Å². The Balaban J connectivity index is 1.66. The SMILES string of the molecule is Cc1nnc(SC(C)C(=O)Nc2ccc(C(N)=O)cc2)n1Cc1ccccc1. The van der Waals surface area contributed by atoms with Crippen LogP contribution in [0.3, 0.4) is 0 Å². The number of hydrogen-bond acceptors (Lipinski definition) is 5. The summed E-state index contributed by atoms with van der Waals surface area (Å²) < 4.78 is 1.99. The number of thioether (sulfide) groups is 1. The van der Waals surface area contributed by atoms with Crippen LogP contribution < -0.4 is 11.1 Å². The van der Waals surface area contributed by atoms with Crippen molar-refractivity contribution in [1.29, 1.82) is 0 Å². The third-order valence-electron chi connectivity index (χ3n) is 4.17. The summed E-state index contributed by atoms with van der Waals surface area (Å²) in [5.41, 5.74) is 7.36. The van der Waals surface area contributed by atoms with Crippen molar-refractivity contribution in [2.75, 3.05) is 5.32 Å². The minimum Gasteiger partial charge on any atom is -0.366 e. The molecule has 0 saturated carbocycles. The highest BCUT2D eigenvalue weighted by Crippen LogP contribution is 2.24. The molecule has 0 bridgehead atoms. The lowest BCUT2D eigenvalue weighted by atomic mass is 10.2. The molecule has 1 atom stereocenters. The van der Waals surface area contributed by atoms with Crippen LogP contribution in [0.5, 0.6) is 0 Å². The van der Waals surface area contributed by atoms with Gasteiger partial charge in [-0.15, -0.1) is 10.2 Å². The van der Waals surface area contributed by atoms with E-state index < -0.39 is 5.91 Å². The molecule has 3 aromatic rings. The highest BCUT2D eigenvalue weighted by molar-refractivity contribution is 8.00. The number of amides is 2. The number of rotatable bonds is 7. The fourth-order valence-corrected chi connectivity index (χ4v) is 3.46. The molecule has 2 amide bonds. The second kappa shape index (κ2) is 8.71. The maximum Gasteiger partial charge on any atom is 0.248 e. The van der Waals surface area contributed by atoms with Crippen LogP contribution in [-0.4, -0.2) is 31.8 Å². The number of anilines is 1. The molecule has 1 aromatic heterocycles. The summed E-state index contributed by atoms with van der Waals surface area (Å²) in [6.45, 7) is 4.35. The zero-order valence-corrected chi connectivity index (χ0v) is 16.4. The van der Waals surface area contributed by atoms with Crippen molar-refractivity contribution in [1.82, 2.24) is 14.8 Å². The maximum absolute atomic E-state index is 12.5. The molecule has 0 aliphatic rings. The van der Waals surface area contributed by atoms with Crippen molar-refractivity contribution in [3.05, 3.63) is 71.5 Å². The number of carbonyl (C=O) groups excluding carboxylic acids is 2. The van der Waals surface area contributed by atoms with Gasteiger partial charge in [-0.3, -0.25) is 9.59 Å². The fraction of sp³-hybridized carbons (Fsp3) is 0.200. The van der Waals surface area contributed by atoms with Gasteiger partial charge in [0.1, 0.15) is 5.82 Å². The monoisotopic (exact) mass is 395 g/mol. The molecular formula is C20H21N5O2S. The Morgan fingerprint density at radius 2 is 1.79 bits per heavy atom. The van der Waals surface area contributed by atoms with Crippen LogP contribution >= 0.6 is 11.8 Å². The molecule has 0 aliphatic carbocycles. The minimum absolute atomic E-state index is 0.163. The third-order valence-corrected chi connectivity index (χ3v) is 5.25. The highest BCUT2D eigenvalue weighted by atomic mass is 32.2. The lowest BCUT2D eigenvalue weighted by molar-refractivity contribution is -0.115. The van der Waals surface area contributed by atoms with Crippen LogP contribution in [0, 0.1) is 6.92 Å². The van der Waals surface area contributed by atoms with E-state index in [1.807, 2.05) is 48.7 Å². The van der Waals surface area contributed by atoms with E-state index in [-0.39, 0.29) is 11.2 Å². The van der Waals surface area contributed by atoms with Gasteiger partial charge >= 0.3 is 0 Å². The maximum atomic E-state index is 12.5. The van der Waals surface area contributed by atoms with Crippen molar-refractivity contribution in [2.24, 2.45) is 5.73 Å². The van der Waals surface area contributed by atoms with Gasteiger partial charge in [-0.2, -0.15) is 0 Å². The number of carbonyl (C=O) groups is 2. The molecule has 1 heterocycles. The van der Waals surface area contributed by atoms with Gasteiger partial charge in [0.2, 0.25) is 11.8 Å². The molecular weight excluding hydrogens is 374 g/mol. The standard InChI is InChI=1S/C20H21N5O2S/c1-13(19(27)22-17-10-8-16(9-11-17)18(21)26)28-20-24-23-14(2)25(20)12-15-6-4-3-5-7-15/h3-11,13H,12H2,1-2H3,(H2,21,26)(H,22,27). The molecule has 3 rings (SSSR count). The third kappa shape index (κ3) is 4.77. The van der Waals surface area contributed by atoms with Crippen molar-refractivity contribution >= 4 is 29.3 Å². The first-order chi connectivity index (χ1) is 13.4. The summed E-state index contributed by atoms with van der Waals surface area (Å²) in [7, 11) is 0. The van der Waals surface area contributed by atoms with Gasteiger partial charge in [0, 0.05) is 11.3 Å². The summed E-state index contributed by atoms with van der Waals surface area (Å²) in [6, 6.07) is 16.5. The van der Waals surface area contributed by atoms with Crippen LogP contribution in [0.15, 0.2) is 59.8 Å². The van der Waals surface area contributed by atoms with Crippen molar-refractivity contribution in [3.63, 3.8) is 0 Å². The summed E-state index contributed by atoms with van der Waals surface area (Å²) in [6.07, 6.45) is 0. The van der Waals surface area contributed by atoms with E-state index in [4.69, 9.17) is 5.73 Å². The first-order valence-electron chi connectivity index (χ1n) is 8.75. The summed E-state index contributed by atoms with van der Waals surface area (Å²) in [5, 5.41) is 11.5. The number of hydrogen-bond donors (Lipinski definition) is 2. The number of aromatic nitrogens is 3. The van der Waals surface area contributed by atoms with E-state index in [0.29, 0.717) is 23.0 Å². The zero-order valence-electron chi connectivity index (χ0n) is 15.6. The Bertz CT molecular complexity index is 970. The molecule has 144 valence electrons. The lowest BCUT2D eigenvalue weighted by Gasteiger charge is -2.13. The van der Waals surface area contributed by atoms with Gasteiger partial charge in [0.25, 0.3) is 0 Å². The Hall–Kier alpha value is -3.13. The van der Waals surface area contributed by atoms with E-state index in [1.54, 1.807) is 24.3 Å². The molecule has 0 fully saturated rings. The Morgan fingerprint density at radius 3 is 2.43 bits per heavy atom. The molecule has 7 nitrogen and oxygen atoms in total. The largest absolute Gasteiger partial charge is 0.366 e. The van der Waals surface area contributed by atoms with Gasteiger partial charge in [0.05, 0.1) is 11.8 Å². The van der Waals surface area contributed by atoms with Gasteiger partial charge in [-0.1, -0.05) is 42.1 Å². The summed E-state index contributed by atoms with van der Waals surface area (Å²) >= 11 is 1.35. The first-order valence-corrected chi connectivity index (χ1v) is 9.63. The number of nitrogens with two attached hydrogens (primary N) is 1. The topological polar surface area (TPSA) is 103 Å². The van der Waals surface area contributed by atoms with Crippen molar-refractivity contribution in [2.45, 2.75) is 30.8 Å². The van der Waals surface area contributed by atoms with E-state index >= 15 is 0 Å². The van der Waals surface area contributed by atoms with Crippen LogP contribution in [0.1, 0.15) is 28.7 Å². The number of benzene rings is 2. The molecule has 0 radical (unpaired) electrons. The van der Waals surface area contributed by atoms with Gasteiger partial charge in [-0.05, 0) is 43.7 Å². The second-order valence-corrected chi connectivity index (χ2v) is 7.60. The first kappa shape index (κ1) is 19.6. The van der Waals surface area contributed by atoms with Crippen LogP contribution in [0.2, 0.25) is 0 Å². The predicted octanol–water partition coefficient (Wildman–Crippen LogP) is 2.85. The average molecular weight is 395 g/mol. The van der Waals surface area contributed by atoms with Gasteiger partial charge in [-0.25, -0.2) is 0 Å². The molecule has 0 saturated heterocycles. The molecule has 28 heavy (non-hydrogen) atoms. The molecule has 2 aromatic carbocycles. The van der Waals surface area contributed by atoms with E-state index in [1.165, 1.54) is 11.8 Å². The smallest absolute Gasteiger partial charge is 0.248 e. The van der Waals surface area contributed by atoms with E-state index in [9.17, 15) is 9.59 Å². The summed E-state index contributed by atoms with van der Waals surface area (Å²) in [4.78, 5) is 23.7. The Morgan fingerprint density at radius 1 is 1.11 bits per heavy atom. The van der Waals surface area contributed by atoms with Gasteiger partial charge in [0.15, 0.2) is 5.16 Å². The number of primary amides is 1. The molecule has 0 aliphatic heterocycles. The number of aryl methyl sites for hydroxylation is 1. The summed E-state index contributed by atoms with van der Waals surface area (Å²) in [5.74, 6) is 0.125. The molecule has 1 unspecified atom stereocenters. The predicted molar refractivity (Wildman–Crippen MR) is 109 cm³/mol. The van der Waals surface area contributed by atoms with Crippen LogP contribution in [0.4, 0.5) is 5.69 Å². The molecule has 0 spiro atoms. The van der Waals surface area contributed by atoms with E-state index in [2.05, 4.69) is 15.5 Å². The van der Waals surface area contributed by atoms with Gasteiger partial charge < -0.3 is 15.6 Å². The number of nitrogens with zero attached hydrogens (tertiary/aromatic N) is 3. The zero-order chi connectivity index (χ0) is 20.1. The lowest BCUT2D eigenvalue weighted by Crippen LogP contribution is -2.23. The fourth-order valence-electron chi connectivity index (χ4n) is 2.57. The molecule has 8 heteroatoms. The van der Waals surface area contributed by atoms with Crippen molar-refractivity contribution in [3.8, 4) is 0 Å².